The second-order valence-electron chi connectivity index (χ2n) is 6.78. The van der Waals surface area contributed by atoms with E-state index in [1.54, 1.807) is 67.5 Å². The molecule has 0 fully saturated rings. The van der Waals surface area contributed by atoms with Crippen LogP contribution < -0.4 is 10.3 Å². The highest BCUT2D eigenvalue weighted by atomic mass is 32.2. The SMILES string of the molecule is O=C(O)c1ccc(-c2ccc(NS(=O)(=O)CCc3ccncc3)cc2)[nH]c1=O.c1c[nH]cn1. The second-order valence-corrected chi connectivity index (χ2v) is 8.63. The lowest BCUT2D eigenvalue weighted by Crippen LogP contribution is -2.18. The van der Waals surface area contributed by atoms with Crippen LogP contribution >= 0.6 is 0 Å². The number of pyridine rings is 2. The number of carboxylic acid groups (broad SMARTS) is 1. The molecule has 4 aromatic rings. The van der Waals surface area contributed by atoms with E-state index in [0.29, 0.717) is 23.4 Å². The summed E-state index contributed by atoms with van der Waals surface area (Å²) in [6.45, 7) is 0. The molecule has 0 aliphatic carbocycles. The monoisotopic (exact) mass is 467 g/mol. The Morgan fingerprint density at radius 1 is 0.970 bits per heavy atom. The molecular weight excluding hydrogens is 446 g/mol. The highest BCUT2D eigenvalue weighted by Crippen LogP contribution is 2.19. The summed E-state index contributed by atoms with van der Waals surface area (Å²) in [5.74, 6) is -1.37. The van der Waals surface area contributed by atoms with Gasteiger partial charge in [-0.05, 0) is 53.9 Å². The number of nitrogens with one attached hydrogen (secondary N) is 3. The zero-order valence-electron chi connectivity index (χ0n) is 17.3. The lowest BCUT2D eigenvalue weighted by atomic mass is 10.1. The number of nitrogens with zero attached hydrogens (tertiary/aromatic N) is 2. The topological polar surface area (TPSA) is 158 Å². The molecule has 0 amide bonds. The van der Waals surface area contributed by atoms with Crippen molar-refractivity contribution in [2.24, 2.45) is 0 Å². The third-order valence-electron chi connectivity index (χ3n) is 4.42. The van der Waals surface area contributed by atoms with Gasteiger partial charge >= 0.3 is 5.97 Å². The highest BCUT2D eigenvalue weighted by molar-refractivity contribution is 7.92. The molecule has 4 rings (SSSR count). The Labute approximate surface area is 189 Å². The van der Waals surface area contributed by atoms with Crippen molar-refractivity contribution in [1.29, 1.82) is 0 Å². The number of hydrogen-bond donors (Lipinski definition) is 4. The third kappa shape index (κ3) is 7.14. The molecule has 0 atom stereocenters. The lowest BCUT2D eigenvalue weighted by Gasteiger charge is -2.09. The Kier molecular flexibility index (Phi) is 7.71. The lowest BCUT2D eigenvalue weighted by molar-refractivity contribution is 0.0695. The second kappa shape index (κ2) is 10.9. The van der Waals surface area contributed by atoms with Crippen LogP contribution in [0, 0.1) is 0 Å². The van der Waals surface area contributed by atoms with Crippen molar-refractivity contribution < 1.29 is 18.3 Å². The number of rotatable bonds is 7. The van der Waals surface area contributed by atoms with Gasteiger partial charge in [0.1, 0.15) is 5.56 Å². The Morgan fingerprint density at radius 2 is 1.70 bits per heavy atom. The standard InChI is InChI=1S/C19H17N3O5S.C3H4N2/c23-18-16(19(24)25)5-6-17(21-18)14-1-3-15(4-2-14)22-28(26,27)12-9-13-7-10-20-11-8-13;1-2-5-3-4-1/h1-8,10-11,22H,9,12H2,(H,21,23)(H,24,25);1-3H,(H,4,5). The minimum Gasteiger partial charge on any atom is -0.477 e. The van der Waals surface area contributed by atoms with E-state index in [2.05, 4.69) is 24.7 Å². The largest absolute Gasteiger partial charge is 0.477 e. The minimum atomic E-state index is -3.53. The van der Waals surface area contributed by atoms with E-state index < -0.39 is 21.6 Å². The van der Waals surface area contributed by atoms with E-state index in [1.165, 1.54) is 12.1 Å². The van der Waals surface area contributed by atoms with Gasteiger partial charge in [-0.25, -0.2) is 18.2 Å². The van der Waals surface area contributed by atoms with Crippen molar-refractivity contribution in [3.63, 3.8) is 0 Å². The van der Waals surface area contributed by atoms with E-state index in [-0.39, 0.29) is 11.3 Å². The normalized spacial score (nSPS) is 10.7. The van der Waals surface area contributed by atoms with Crippen molar-refractivity contribution in [2.45, 2.75) is 6.42 Å². The number of aromatic nitrogens is 4. The van der Waals surface area contributed by atoms with Gasteiger partial charge < -0.3 is 15.1 Å². The molecule has 0 bridgehead atoms. The zero-order valence-corrected chi connectivity index (χ0v) is 18.1. The summed E-state index contributed by atoms with van der Waals surface area (Å²) in [6.07, 6.45) is 8.68. The van der Waals surface area contributed by atoms with Gasteiger partial charge in [-0.2, -0.15) is 0 Å². The first-order chi connectivity index (χ1) is 15.8. The first-order valence-electron chi connectivity index (χ1n) is 9.73. The van der Waals surface area contributed by atoms with E-state index in [0.717, 1.165) is 5.56 Å². The number of aromatic carboxylic acids is 1. The maximum atomic E-state index is 12.2. The molecule has 3 aromatic heterocycles. The molecule has 0 radical (unpaired) electrons. The van der Waals surface area contributed by atoms with Crippen molar-refractivity contribution >= 4 is 21.7 Å². The molecule has 11 heteroatoms. The fraction of sp³-hybridized carbons (Fsp3) is 0.0909. The molecule has 0 spiro atoms. The summed E-state index contributed by atoms with van der Waals surface area (Å²) >= 11 is 0. The summed E-state index contributed by atoms with van der Waals surface area (Å²) in [5.41, 5.74) is 1.27. The Balaban J connectivity index is 0.000000541. The molecule has 0 aliphatic rings. The average Bonchev–Trinajstić information content (AvgIpc) is 3.39. The molecule has 0 saturated carbocycles. The van der Waals surface area contributed by atoms with Gasteiger partial charge in [-0.15, -0.1) is 0 Å². The van der Waals surface area contributed by atoms with Crippen LogP contribution in [0.25, 0.3) is 11.3 Å². The number of aryl methyl sites for hydroxylation is 1. The maximum absolute atomic E-state index is 12.2. The predicted molar refractivity (Wildman–Crippen MR) is 123 cm³/mol. The molecular formula is C22H21N5O5S. The van der Waals surface area contributed by atoms with Crippen LogP contribution in [0.15, 0.2) is 84.4 Å². The van der Waals surface area contributed by atoms with Crippen molar-refractivity contribution in [3.8, 4) is 11.3 Å². The zero-order chi connectivity index (χ0) is 23.7. The van der Waals surface area contributed by atoms with Gasteiger partial charge in [0.25, 0.3) is 5.56 Å². The molecule has 10 nitrogen and oxygen atoms in total. The molecule has 3 heterocycles. The van der Waals surface area contributed by atoms with Crippen LogP contribution in [0.5, 0.6) is 0 Å². The van der Waals surface area contributed by atoms with Crippen LogP contribution in [0.3, 0.4) is 0 Å². The van der Waals surface area contributed by atoms with Gasteiger partial charge in [-0.1, -0.05) is 12.1 Å². The number of aromatic amines is 2. The van der Waals surface area contributed by atoms with E-state index >= 15 is 0 Å². The predicted octanol–water partition coefficient (Wildman–Crippen LogP) is 2.53. The number of H-pyrrole nitrogens is 2. The van der Waals surface area contributed by atoms with Crippen LogP contribution in [0.2, 0.25) is 0 Å². The van der Waals surface area contributed by atoms with Crippen LogP contribution in [-0.4, -0.2) is 45.2 Å². The fourth-order valence-corrected chi connectivity index (χ4v) is 3.88. The smallest absolute Gasteiger partial charge is 0.341 e. The van der Waals surface area contributed by atoms with E-state index in [9.17, 15) is 18.0 Å². The van der Waals surface area contributed by atoms with Crippen LogP contribution in [-0.2, 0) is 16.4 Å². The number of sulfonamides is 1. The van der Waals surface area contributed by atoms with Crippen LogP contribution in [0.4, 0.5) is 5.69 Å². The molecule has 170 valence electrons. The number of hydrogen-bond acceptors (Lipinski definition) is 6. The summed E-state index contributed by atoms with van der Waals surface area (Å²) in [6, 6.07) is 12.6. The highest BCUT2D eigenvalue weighted by Gasteiger charge is 2.12. The summed E-state index contributed by atoms with van der Waals surface area (Å²) < 4.78 is 27.0. The number of carboxylic acids is 1. The molecule has 0 saturated heterocycles. The van der Waals surface area contributed by atoms with Gasteiger partial charge in [0.2, 0.25) is 10.0 Å². The number of benzene rings is 1. The number of imidazole rings is 1. The van der Waals surface area contributed by atoms with Crippen molar-refractivity contribution in [3.05, 3.63) is 101 Å². The first kappa shape index (κ1) is 23.4. The Bertz CT molecular complexity index is 1320. The summed E-state index contributed by atoms with van der Waals surface area (Å²) in [4.78, 5) is 35.5. The van der Waals surface area contributed by atoms with Gasteiger partial charge in [0.15, 0.2) is 0 Å². The van der Waals surface area contributed by atoms with Crippen molar-refractivity contribution in [1.82, 2.24) is 19.9 Å². The fourth-order valence-electron chi connectivity index (χ4n) is 2.78. The van der Waals surface area contributed by atoms with Gasteiger partial charge in [0, 0.05) is 36.2 Å². The summed E-state index contributed by atoms with van der Waals surface area (Å²) in [7, 11) is -3.53. The van der Waals surface area contributed by atoms with E-state index in [4.69, 9.17) is 5.11 Å². The van der Waals surface area contributed by atoms with Crippen LogP contribution in [0.1, 0.15) is 15.9 Å². The van der Waals surface area contributed by atoms with Crippen molar-refractivity contribution in [2.75, 3.05) is 10.5 Å². The van der Waals surface area contributed by atoms with Gasteiger partial charge in [0.05, 0.1) is 12.1 Å². The minimum absolute atomic E-state index is 0.0667. The van der Waals surface area contributed by atoms with Gasteiger partial charge in [-0.3, -0.25) is 14.5 Å². The Hall–Kier alpha value is -4.25. The maximum Gasteiger partial charge on any atom is 0.341 e. The first-order valence-corrected chi connectivity index (χ1v) is 11.4. The number of carbonyl (C=O) groups is 1. The molecule has 4 N–H and O–H groups in total. The molecule has 33 heavy (non-hydrogen) atoms. The molecule has 0 aliphatic heterocycles. The quantitative estimate of drug-likeness (QED) is 0.325. The average molecular weight is 468 g/mol. The third-order valence-corrected chi connectivity index (χ3v) is 5.71. The Morgan fingerprint density at radius 3 is 2.24 bits per heavy atom. The number of anilines is 1. The van der Waals surface area contributed by atoms with E-state index in [1.807, 2.05) is 0 Å². The molecule has 0 unspecified atom stereocenters. The molecule has 1 aromatic carbocycles. The summed E-state index contributed by atoms with van der Waals surface area (Å²) in [5, 5.41) is 8.90.